The maximum Gasteiger partial charge on any atom is 0.166 e. The molecule has 5 heteroatoms. The number of carbonyl (C=O) groups is 1. The molecule has 4 atom stereocenters. The van der Waals surface area contributed by atoms with Crippen LogP contribution in [0, 0.1) is 0 Å². The molecule has 1 saturated carbocycles. The molecule has 4 N–H and O–H groups in total. The van der Waals surface area contributed by atoms with Gasteiger partial charge in [-0.3, -0.25) is 4.79 Å². The number of rotatable bonds is 0. The molecule has 0 aromatic rings. The quantitative estimate of drug-likeness (QED) is 0.313. The molecule has 1 fully saturated rings. The zero-order chi connectivity index (χ0) is 8.59. The summed E-state index contributed by atoms with van der Waals surface area (Å²) in [6.45, 7) is 0. The van der Waals surface area contributed by atoms with Crippen LogP contribution in [-0.4, -0.2) is 50.6 Å². The minimum absolute atomic E-state index is 0.306. The van der Waals surface area contributed by atoms with Crippen molar-refractivity contribution in [3.63, 3.8) is 0 Å². The highest BCUT2D eigenvalue weighted by atomic mass is 16.4. The highest BCUT2D eigenvalue weighted by Crippen LogP contribution is 2.16. The second-order valence-corrected chi connectivity index (χ2v) is 2.66. The molecule has 4 unspecified atom stereocenters. The molecule has 0 heterocycles. The number of hydrogen-bond donors (Lipinski definition) is 4. The second-order valence-electron chi connectivity index (χ2n) is 2.66. The molecular weight excluding hydrogens is 152 g/mol. The Labute approximate surface area is 62.9 Å². The molecular formula is C6H10O5. The van der Waals surface area contributed by atoms with E-state index in [1.807, 2.05) is 0 Å². The molecule has 0 aliphatic heterocycles. The molecule has 0 aromatic heterocycles. The predicted octanol–water partition coefficient (Wildman–Crippen LogP) is -2.60. The van der Waals surface area contributed by atoms with Gasteiger partial charge >= 0.3 is 0 Å². The summed E-state index contributed by atoms with van der Waals surface area (Å²) in [7, 11) is 0. The van der Waals surface area contributed by atoms with Gasteiger partial charge in [-0.2, -0.15) is 0 Å². The summed E-state index contributed by atoms with van der Waals surface area (Å²) < 4.78 is 0. The Hall–Kier alpha value is -0.490. The van der Waals surface area contributed by atoms with E-state index in [1.54, 1.807) is 0 Å². The van der Waals surface area contributed by atoms with Crippen molar-refractivity contribution in [1.29, 1.82) is 0 Å². The van der Waals surface area contributed by atoms with E-state index in [1.165, 1.54) is 0 Å². The standard InChI is InChI=1S/C6H10O5/c7-2-1-3(8)5(10)6(11)4(2)9/h2,4-7,9-11H,1H2. The van der Waals surface area contributed by atoms with Crippen LogP contribution in [0.25, 0.3) is 0 Å². The third-order valence-corrected chi connectivity index (χ3v) is 1.81. The molecule has 1 aliphatic carbocycles. The molecule has 0 radical (unpaired) electrons. The van der Waals surface area contributed by atoms with Crippen molar-refractivity contribution >= 4 is 5.78 Å². The van der Waals surface area contributed by atoms with Gasteiger partial charge in [-0.15, -0.1) is 0 Å². The van der Waals surface area contributed by atoms with Crippen LogP contribution in [0.15, 0.2) is 0 Å². The first-order valence-electron chi connectivity index (χ1n) is 3.29. The second kappa shape index (κ2) is 2.86. The maximum atomic E-state index is 10.7. The van der Waals surface area contributed by atoms with Crippen molar-refractivity contribution in [1.82, 2.24) is 0 Å². The third kappa shape index (κ3) is 1.41. The molecule has 64 valence electrons. The largest absolute Gasteiger partial charge is 0.390 e. The van der Waals surface area contributed by atoms with Crippen molar-refractivity contribution in [2.24, 2.45) is 0 Å². The van der Waals surface area contributed by atoms with Crippen LogP contribution in [0.2, 0.25) is 0 Å². The van der Waals surface area contributed by atoms with Gasteiger partial charge in [0.2, 0.25) is 0 Å². The molecule has 0 spiro atoms. The maximum absolute atomic E-state index is 10.7. The summed E-state index contributed by atoms with van der Waals surface area (Å²) in [5, 5.41) is 35.6. The predicted molar refractivity (Wildman–Crippen MR) is 33.7 cm³/mol. The number of hydrogen-bond acceptors (Lipinski definition) is 5. The summed E-state index contributed by atoms with van der Waals surface area (Å²) in [5.74, 6) is -0.643. The first-order valence-corrected chi connectivity index (χ1v) is 3.29. The fraction of sp³-hybridized carbons (Fsp3) is 0.833. The normalized spacial score (nSPS) is 46.0. The number of carbonyl (C=O) groups excluding carboxylic acids is 1. The van der Waals surface area contributed by atoms with Crippen LogP contribution in [0.3, 0.4) is 0 Å². The first-order chi connectivity index (χ1) is 5.04. The van der Waals surface area contributed by atoms with Gasteiger partial charge in [0.15, 0.2) is 5.78 Å². The van der Waals surface area contributed by atoms with Gasteiger partial charge in [-0.1, -0.05) is 0 Å². The van der Waals surface area contributed by atoms with Gasteiger partial charge in [0.25, 0.3) is 0 Å². The fourth-order valence-corrected chi connectivity index (χ4v) is 1.05. The summed E-state index contributed by atoms with van der Waals surface area (Å²) in [6.07, 6.45) is -6.12. The highest BCUT2D eigenvalue weighted by Gasteiger charge is 2.40. The van der Waals surface area contributed by atoms with Crippen molar-refractivity contribution in [3.8, 4) is 0 Å². The Morgan fingerprint density at radius 2 is 1.64 bits per heavy atom. The van der Waals surface area contributed by atoms with Crippen LogP contribution < -0.4 is 0 Å². The summed E-state index contributed by atoms with van der Waals surface area (Å²) >= 11 is 0. The first kappa shape index (κ1) is 8.61. The smallest absolute Gasteiger partial charge is 0.166 e. The Morgan fingerprint density at radius 1 is 1.09 bits per heavy atom. The summed E-state index contributed by atoms with van der Waals surface area (Å²) in [4.78, 5) is 10.7. The molecule has 0 saturated heterocycles. The van der Waals surface area contributed by atoms with E-state index in [0.29, 0.717) is 0 Å². The molecule has 1 rings (SSSR count). The van der Waals surface area contributed by atoms with E-state index in [4.69, 9.17) is 20.4 Å². The van der Waals surface area contributed by atoms with Crippen LogP contribution in [0.4, 0.5) is 0 Å². The monoisotopic (exact) mass is 162 g/mol. The van der Waals surface area contributed by atoms with Crippen molar-refractivity contribution in [3.05, 3.63) is 0 Å². The Kier molecular flexibility index (Phi) is 2.24. The molecule has 5 nitrogen and oxygen atoms in total. The molecule has 0 aromatic carbocycles. The zero-order valence-electron chi connectivity index (χ0n) is 5.71. The van der Waals surface area contributed by atoms with E-state index in [2.05, 4.69) is 0 Å². The average molecular weight is 162 g/mol. The fourth-order valence-electron chi connectivity index (χ4n) is 1.05. The summed E-state index contributed by atoms with van der Waals surface area (Å²) in [5.41, 5.74) is 0. The SMILES string of the molecule is O=C1CC(O)C(O)C(O)C1O. The number of Topliss-reactive ketones (excluding diaryl/α,β-unsaturated/α-hetero) is 1. The van der Waals surface area contributed by atoms with Gasteiger partial charge in [-0.25, -0.2) is 0 Å². The molecule has 0 amide bonds. The van der Waals surface area contributed by atoms with Gasteiger partial charge < -0.3 is 20.4 Å². The van der Waals surface area contributed by atoms with E-state index in [0.717, 1.165) is 0 Å². The average Bonchev–Trinajstić information content (AvgIpc) is 1.97. The minimum atomic E-state index is -1.56. The number of aliphatic hydroxyl groups is 4. The Balaban J connectivity index is 2.70. The number of aliphatic hydroxyl groups excluding tert-OH is 4. The van der Waals surface area contributed by atoms with Gasteiger partial charge in [0, 0.05) is 6.42 Å². The molecule has 11 heavy (non-hydrogen) atoms. The van der Waals surface area contributed by atoms with E-state index in [-0.39, 0.29) is 6.42 Å². The Morgan fingerprint density at radius 3 is 2.18 bits per heavy atom. The van der Waals surface area contributed by atoms with Crippen molar-refractivity contribution in [2.75, 3.05) is 0 Å². The van der Waals surface area contributed by atoms with Crippen LogP contribution in [0.5, 0.6) is 0 Å². The molecule has 0 bridgehead atoms. The lowest BCUT2D eigenvalue weighted by atomic mass is 9.89. The zero-order valence-corrected chi connectivity index (χ0v) is 5.71. The van der Waals surface area contributed by atoms with Crippen LogP contribution >= 0.6 is 0 Å². The van der Waals surface area contributed by atoms with Gasteiger partial charge in [0.05, 0.1) is 6.10 Å². The van der Waals surface area contributed by atoms with Crippen molar-refractivity contribution in [2.45, 2.75) is 30.8 Å². The van der Waals surface area contributed by atoms with Crippen LogP contribution in [-0.2, 0) is 4.79 Å². The van der Waals surface area contributed by atoms with Gasteiger partial charge in [-0.05, 0) is 0 Å². The lowest BCUT2D eigenvalue weighted by Gasteiger charge is -2.30. The van der Waals surface area contributed by atoms with E-state index >= 15 is 0 Å². The lowest BCUT2D eigenvalue weighted by Crippen LogP contribution is -2.53. The van der Waals surface area contributed by atoms with E-state index < -0.39 is 30.2 Å². The topological polar surface area (TPSA) is 98.0 Å². The summed E-state index contributed by atoms with van der Waals surface area (Å²) in [6, 6.07) is 0. The van der Waals surface area contributed by atoms with Crippen LogP contribution in [0.1, 0.15) is 6.42 Å². The van der Waals surface area contributed by atoms with Gasteiger partial charge in [0.1, 0.15) is 18.3 Å². The van der Waals surface area contributed by atoms with Crippen molar-refractivity contribution < 1.29 is 25.2 Å². The molecule has 1 aliphatic rings. The minimum Gasteiger partial charge on any atom is -0.390 e. The number of ketones is 1. The Bertz CT molecular complexity index is 168. The highest BCUT2D eigenvalue weighted by molar-refractivity contribution is 5.85. The van der Waals surface area contributed by atoms with E-state index in [9.17, 15) is 4.79 Å². The lowest BCUT2D eigenvalue weighted by molar-refractivity contribution is -0.162. The third-order valence-electron chi connectivity index (χ3n) is 1.81.